The molecule has 64 valence electrons. The van der Waals surface area contributed by atoms with Crippen molar-refractivity contribution >= 4 is 22.9 Å². The smallest absolute Gasteiger partial charge is 0.304 e. The van der Waals surface area contributed by atoms with E-state index in [1.165, 1.54) is 11.8 Å². The van der Waals surface area contributed by atoms with Crippen molar-refractivity contribution in [1.29, 1.82) is 5.41 Å². The Morgan fingerprint density at radius 1 is 1.64 bits per heavy atom. The highest BCUT2D eigenvalue weighted by Gasteiger charge is 2.01. The maximum atomic E-state index is 10.1. The molecule has 0 atom stereocenters. The van der Waals surface area contributed by atoms with E-state index in [9.17, 15) is 4.79 Å². The number of nitrogens with one attached hydrogen (secondary N) is 1. The molecule has 0 radical (unpaired) electrons. The number of nitrogens with zero attached hydrogens (tertiary/aromatic N) is 1. The maximum Gasteiger partial charge on any atom is 0.304 e. The third-order valence-corrected chi connectivity index (χ3v) is 2.01. The summed E-state index contributed by atoms with van der Waals surface area (Å²) in [6, 6.07) is 0. The molecule has 0 unspecified atom stereocenters. The first-order valence-corrected chi connectivity index (χ1v) is 4.13. The molecule has 0 spiro atoms. The molecule has 2 N–H and O–H groups in total. The molecule has 0 aliphatic rings. The summed E-state index contributed by atoms with van der Waals surface area (Å²) in [6.45, 7) is 0. The first-order chi connectivity index (χ1) is 5.04. The second-order valence-electron chi connectivity index (χ2n) is 2.19. The molecule has 0 bridgehead atoms. The third-order valence-electron chi connectivity index (χ3n) is 0.961. The van der Waals surface area contributed by atoms with Crippen molar-refractivity contribution in [2.24, 2.45) is 0 Å². The molecule has 0 fully saturated rings. The number of carboxylic acids is 1. The Hall–Kier alpha value is -0.710. The van der Waals surface area contributed by atoms with Gasteiger partial charge >= 0.3 is 5.97 Å². The zero-order valence-corrected chi connectivity index (χ0v) is 7.44. The summed E-state index contributed by atoms with van der Waals surface area (Å²) in [7, 11) is 3.52. The predicted molar refractivity (Wildman–Crippen MR) is 46.1 cm³/mol. The SMILES string of the molecule is CN(C)C(=N)SCCC(=O)O. The van der Waals surface area contributed by atoms with Crippen LogP contribution in [0.3, 0.4) is 0 Å². The van der Waals surface area contributed by atoms with E-state index in [0.717, 1.165) is 0 Å². The van der Waals surface area contributed by atoms with Crippen LogP contribution in [-0.4, -0.2) is 41.0 Å². The predicted octanol–water partition coefficient (Wildman–Crippen LogP) is 0.691. The molecule has 0 amide bonds. The summed E-state index contributed by atoms with van der Waals surface area (Å²) in [4.78, 5) is 11.7. The molecule has 4 nitrogen and oxygen atoms in total. The van der Waals surface area contributed by atoms with E-state index in [1.54, 1.807) is 19.0 Å². The maximum absolute atomic E-state index is 10.1. The zero-order chi connectivity index (χ0) is 8.85. The molecule has 0 aromatic heterocycles. The fourth-order valence-corrected chi connectivity index (χ4v) is 1.09. The molecule has 0 aromatic carbocycles. The van der Waals surface area contributed by atoms with Crippen molar-refractivity contribution in [2.75, 3.05) is 19.8 Å². The molecule has 0 saturated carbocycles. The summed E-state index contributed by atoms with van der Waals surface area (Å²) in [5.41, 5.74) is 0. The lowest BCUT2D eigenvalue weighted by Gasteiger charge is -2.11. The summed E-state index contributed by atoms with van der Waals surface area (Å²) in [5, 5.41) is 15.9. The van der Waals surface area contributed by atoms with Gasteiger partial charge in [-0.25, -0.2) is 0 Å². The Morgan fingerprint density at radius 2 is 2.18 bits per heavy atom. The lowest BCUT2D eigenvalue weighted by molar-refractivity contribution is -0.136. The zero-order valence-electron chi connectivity index (χ0n) is 6.63. The minimum absolute atomic E-state index is 0.112. The van der Waals surface area contributed by atoms with Gasteiger partial charge in [-0.2, -0.15) is 0 Å². The van der Waals surface area contributed by atoms with Gasteiger partial charge < -0.3 is 10.0 Å². The topological polar surface area (TPSA) is 64.4 Å². The number of hydrogen-bond acceptors (Lipinski definition) is 3. The second-order valence-corrected chi connectivity index (χ2v) is 3.28. The second kappa shape index (κ2) is 5.01. The number of thioether (sulfide) groups is 1. The van der Waals surface area contributed by atoms with Crippen molar-refractivity contribution in [3.8, 4) is 0 Å². The highest BCUT2D eigenvalue weighted by atomic mass is 32.2. The first-order valence-electron chi connectivity index (χ1n) is 3.14. The van der Waals surface area contributed by atoms with E-state index in [4.69, 9.17) is 10.5 Å². The van der Waals surface area contributed by atoms with Gasteiger partial charge in [-0.05, 0) is 0 Å². The summed E-state index contributed by atoms with van der Waals surface area (Å²) < 4.78 is 0. The van der Waals surface area contributed by atoms with Crippen LogP contribution in [0, 0.1) is 5.41 Å². The molecule has 5 heteroatoms. The van der Waals surface area contributed by atoms with Gasteiger partial charge in [0.05, 0.1) is 6.42 Å². The van der Waals surface area contributed by atoms with Gasteiger partial charge in [0.2, 0.25) is 0 Å². The lowest BCUT2D eigenvalue weighted by atomic mass is 10.5. The van der Waals surface area contributed by atoms with E-state index < -0.39 is 5.97 Å². The van der Waals surface area contributed by atoms with Gasteiger partial charge in [-0.1, -0.05) is 11.8 Å². The normalized spacial score (nSPS) is 9.27. The van der Waals surface area contributed by atoms with Crippen LogP contribution in [0.4, 0.5) is 0 Å². The van der Waals surface area contributed by atoms with Crippen LogP contribution in [0.25, 0.3) is 0 Å². The number of amidine groups is 1. The van der Waals surface area contributed by atoms with Crippen LogP contribution >= 0.6 is 11.8 Å². The van der Waals surface area contributed by atoms with E-state index in [2.05, 4.69) is 0 Å². The molecule has 0 aliphatic heterocycles. The van der Waals surface area contributed by atoms with Gasteiger partial charge in [0.1, 0.15) is 0 Å². The fraction of sp³-hybridized carbons (Fsp3) is 0.667. The molecule has 11 heavy (non-hydrogen) atoms. The van der Waals surface area contributed by atoms with E-state index in [-0.39, 0.29) is 6.42 Å². The number of carboxylic acid groups (broad SMARTS) is 1. The Bertz CT molecular complexity index is 159. The Balaban J connectivity index is 3.39. The van der Waals surface area contributed by atoms with Gasteiger partial charge in [0.15, 0.2) is 5.17 Å². The Kier molecular flexibility index (Phi) is 4.69. The quantitative estimate of drug-likeness (QED) is 0.490. The molecule has 0 aliphatic carbocycles. The summed E-state index contributed by atoms with van der Waals surface area (Å²) in [5.74, 6) is -0.351. The van der Waals surface area contributed by atoms with Crippen LogP contribution in [0.5, 0.6) is 0 Å². The minimum Gasteiger partial charge on any atom is -0.481 e. The summed E-state index contributed by atoms with van der Waals surface area (Å²) in [6.07, 6.45) is 0.112. The van der Waals surface area contributed by atoms with Gasteiger partial charge in [0, 0.05) is 19.8 Å². The number of rotatable bonds is 3. The average Bonchev–Trinajstić information content (AvgIpc) is 1.86. The standard InChI is InChI=1S/C6H12N2O2S/c1-8(2)6(7)11-4-3-5(9)10/h7H,3-4H2,1-2H3,(H,9,10). The van der Waals surface area contributed by atoms with E-state index >= 15 is 0 Å². The van der Waals surface area contributed by atoms with Crippen molar-refractivity contribution in [2.45, 2.75) is 6.42 Å². The van der Waals surface area contributed by atoms with Gasteiger partial charge in [-0.15, -0.1) is 0 Å². The minimum atomic E-state index is -0.816. The lowest BCUT2D eigenvalue weighted by Crippen LogP contribution is -2.17. The van der Waals surface area contributed by atoms with E-state index in [1.807, 2.05) is 0 Å². The molecule has 0 saturated heterocycles. The van der Waals surface area contributed by atoms with Gasteiger partial charge in [0.25, 0.3) is 0 Å². The molecule has 0 aromatic rings. The molecular formula is C6H12N2O2S. The Labute approximate surface area is 70.1 Å². The average molecular weight is 176 g/mol. The van der Waals surface area contributed by atoms with E-state index in [0.29, 0.717) is 10.9 Å². The van der Waals surface area contributed by atoms with Crippen LogP contribution in [-0.2, 0) is 4.79 Å². The van der Waals surface area contributed by atoms with Crippen molar-refractivity contribution in [3.05, 3.63) is 0 Å². The van der Waals surface area contributed by atoms with Crippen LogP contribution in [0.15, 0.2) is 0 Å². The monoisotopic (exact) mass is 176 g/mol. The number of hydrogen-bond donors (Lipinski definition) is 2. The highest BCUT2D eigenvalue weighted by Crippen LogP contribution is 2.05. The fourth-order valence-electron chi connectivity index (χ4n) is 0.364. The van der Waals surface area contributed by atoms with Gasteiger partial charge in [-0.3, -0.25) is 10.2 Å². The third kappa shape index (κ3) is 5.72. The van der Waals surface area contributed by atoms with Crippen molar-refractivity contribution < 1.29 is 9.90 Å². The number of aliphatic carboxylic acids is 1. The van der Waals surface area contributed by atoms with Crippen molar-refractivity contribution in [3.63, 3.8) is 0 Å². The van der Waals surface area contributed by atoms with Crippen molar-refractivity contribution in [1.82, 2.24) is 4.90 Å². The van der Waals surface area contributed by atoms with Crippen LogP contribution < -0.4 is 0 Å². The largest absolute Gasteiger partial charge is 0.481 e. The first kappa shape index (κ1) is 10.3. The van der Waals surface area contributed by atoms with Crippen LogP contribution in [0.1, 0.15) is 6.42 Å². The highest BCUT2D eigenvalue weighted by molar-refractivity contribution is 8.13. The van der Waals surface area contributed by atoms with Crippen LogP contribution in [0.2, 0.25) is 0 Å². The summed E-state index contributed by atoms with van der Waals surface area (Å²) >= 11 is 1.24. The molecule has 0 heterocycles. The number of carbonyl (C=O) groups is 1. The molecular weight excluding hydrogens is 164 g/mol. The molecule has 0 rings (SSSR count). The Morgan fingerprint density at radius 3 is 2.55 bits per heavy atom.